The highest BCUT2D eigenvalue weighted by Crippen LogP contribution is 2.06. The van der Waals surface area contributed by atoms with Crippen molar-refractivity contribution in [1.29, 1.82) is 0 Å². The van der Waals surface area contributed by atoms with Gasteiger partial charge in [-0.25, -0.2) is 0 Å². The Morgan fingerprint density at radius 3 is 2.08 bits per heavy atom. The molecule has 0 radical (unpaired) electrons. The number of hydrogen-bond donors (Lipinski definition) is 0. The van der Waals surface area contributed by atoms with E-state index < -0.39 is 0 Å². The van der Waals surface area contributed by atoms with Gasteiger partial charge in [-0.15, -0.1) is 0 Å². The number of nitrogens with zero attached hydrogens (tertiary/aromatic N) is 2. The Morgan fingerprint density at radius 1 is 1.08 bits per heavy atom. The highest BCUT2D eigenvalue weighted by molar-refractivity contribution is 4.69. The molecule has 0 unspecified atom stereocenters. The maximum atomic E-state index is 2.39. The van der Waals surface area contributed by atoms with Gasteiger partial charge in [-0.1, -0.05) is 26.7 Å². The van der Waals surface area contributed by atoms with Gasteiger partial charge in [0.25, 0.3) is 0 Å². The summed E-state index contributed by atoms with van der Waals surface area (Å²) in [6.07, 6.45) is 3.98. The fraction of sp³-hybridized carbons (Fsp3) is 1.00. The zero-order valence-electron chi connectivity index (χ0n) is 10.0. The molecule has 0 aliphatic carbocycles. The number of likely N-dealkylation sites (N-methyl/N-ethyl adjacent to an activating group) is 2. The summed E-state index contributed by atoms with van der Waals surface area (Å²) in [4.78, 5) is 4.74. The van der Waals surface area contributed by atoms with E-state index in [2.05, 4.69) is 44.8 Å². The van der Waals surface area contributed by atoms with E-state index in [4.69, 9.17) is 0 Å². The first-order valence-electron chi connectivity index (χ1n) is 5.46. The Hall–Kier alpha value is -0.0800. The second-order valence-corrected chi connectivity index (χ2v) is 4.11. The topological polar surface area (TPSA) is 6.48 Å². The first-order valence-corrected chi connectivity index (χ1v) is 5.46. The largest absolute Gasteiger partial charge is 0.305 e. The minimum atomic E-state index is 0.727. The van der Waals surface area contributed by atoms with Crippen LogP contribution in [-0.2, 0) is 0 Å². The van der Waals surface area contributed by atoms with E-state index in [0.29, 0.717) is 0 Å². The maximum absolute atomic E-state index is 2.39. The molecule has 2 heteroatoms. The van der Waals surface area contributed by atoms with E-state index in [0.717, 1.165) is 12.6 Å². The standard InChI is InChI=1S/C11H26N2/c1-6-8-9-11(12(3)4)10-13(5)7-2/h11H,6-10H2,1-5H3/t11-/m0/s1. The van der Waals surface area contributed by atoms with E-state index in [1.54, 1.807) is 0 Å². The Morgan fingerprint density at radius 2 is 1.69 bits per heavy atom. The molecular weight excluding hydrogens is 160 g/mol. The summed E-state index contributed by atoms with van der Waals surface area (Å²) in [5, 5.41) is 0. The summed E-state index contributed by atoms with van der Waals surface area (Å²) in [6, 6.07) is 0.727. The third-order valence-electron chi connectivity index (χ3n) is 2.68. The fourth-order valence-corrected chi connectivity index (χ4v) is 1.44. The van der Waals surface area contributed by atoms with Gasteiger partial charge in [-0.3, -0.25) is 0 Å². The van der Waals surface area contributed by atoms with Crippen molar-refractivity contribution in [2.24, 2.45) is 0 Å². The molecule has 0 aromatic carbocycles. The predicted octanol–water partition coefficient (Wildman–Crippen LogP) is 2.06. The van der Waals surface area contributed by atoms with Crippen LogP contribution >= 0.6 is 0 Å². The van der Waals surface area contributed by atoms with Crippen LogP contribution < -0.4 is 0 Å². The van der Waals surface area contributed by atoms with Crippen LogP contribution in [0, 0.1) is 0 Å². The van der Waals surface area contributed by atoms with Gasteiger partial charge in [0.2, 0.25) is 0 Å². The Balaban J connectivity index is 3.79. The molecule has 2 nitrogen and oxygen atoms in total. The van der Waals surface area contributed by atoms with Gasteiger partial charge in [-0.2, -0.15) is 0 Å². The molecule has 0 N–H and O–H groups in total. The van der Waals surface area contributed by atoms with Gasteiger partial charge < -0.3 is 9.80 Å². The molecule has 1 atom stereocenters. The summed E-state index contributed by atoms with van der Waals surface area (Å²) in [5.74, 6) is 0. The van der Waals surface area contributed by atoms with Gasteiger partial charge >= 0.3 is 0 Å². The molecule has 13 heavy (non-hydrogen) atoms. The van der Waals surface area contributed by atoms with Crippen LogP contribution in [0.15, 0.2) is 0 Å². The molecule has 0 heterocycles. The fourth-order valence-electron chi connectivity index (χ4n) is 1.44. The van der Waals surface area contributed by atoms with Crippen LogP contribution in [0.1, 0.15) is 33.1 Å². The molecule has 0 spiro atoms. The Labute approximate surface area is 83.9 Å². The van der Waals surface area contributed by atoms with E-state index in [9.17, 15) is 0 Å². The monoisotopic (exact) mass is 186 g/mol. The van der Waals surface area contributed by atoms with Crippen molar-refractivity contribution < 1.29 is 0 Å². The molecule has 0 amide bonds. The molecule has 0 bridgehead atoms. The number of rotatable bonds is 7. The van der Waals surface area contributed by atoms with Crippen LogP contribution in [0.5, 0.6) is 0 Å². The van der Waals surface area contributed by atoms with Crippen LogP contribution in [0.3, 0.4) is 0 Å². The average molecular weight is 186 g/mol. The quantitative estimate of drug-likeness (QED) is 0.600. The summed E-state index contributed by atoms with van der Waals surface area (Å²) in [7, 11) is 6.57. The van der Waals surface area contributed by atoms with Crippen LogP contribution in [0.2, 0.25) is 0 Å². The Bertz CT molecular complexity index is 113. The number of unbranched alkanes of at least 4 members (excludes halogenated alkanes) is 1. The van der Waals surface area contributed by atoms with Gasteiger partial charge in [0.05, 0.1) is 0 Å². The van der Waals surface area contributed by atoms with Crippen molar-refractivity contribution >= 4 is 0 Å². The number of hydrogen-bond acceptors (Lipinski definition) is 2. The van der Waals surface area contributed by atoms with E-state index in [1.807, 2.05) is 0 Å². The van der Waals surface area contributed by atoms with E-state index in [-0.39, 0.29) is 0 Å². The second kappa shape index (κ2) is 7.34. The lowest BCUT2D eigenvalue weighted by atomic mass is 10.1. The minimum absolute atomic E-state index is 0.727. The summed E-state index contributed by atoms with van der Waals surface area (Å²) < 4.78 is 0. The maximum Gasteiger partial charge on any atom is 0.0216 e. The van der Waals surface area contributed by atoms with Gasteiger partial charge in [0.15, 0.2) is 0 Å². The van der Waals surface area contributed by atoms with Crippen LogP contribution in [-0.4, -0.2) is 50.1 Å². The summed E-state index contributed by atoms with van der Waals surface area (Å²) >= 11 is 0. The zero-order chi connectivity index (χ0) is 10.3. The molecule has 0 fully saturated rings. The van der Waals surface area contributed by atoms with Crippen LogP contribution in [0.25, 0.3) is 0 Å². The molecule has 0 saturated carbocycles. The first kappa shape index (κ1) is 12.9. The first-order chi connectivity index (χ1) is 6.11. The van der Waals surface area contributed by atoms with Crippen molar-refractivity contribution in [2.75, 3.05) is 34.2 Å². The molecule has 0 aromatic rings. The predicted molar refractivity (Wildman–Crippen MR) is 60.2 cm³/mol. The highest BCUT2D eigenvalue weighted by Gasteiger charge is 2.11. The molecular formula is C11H26N2. The van der Waals surface area contributed by atoms with Gasteiger partial charge in [0.1, 0.15) is 0 Å². The third-order valence-corrected chi connectivity index (χ3v) is 2.68. The van der Waals surface area contributed by atoms with E-state index >= 15 is 0 Å². The lowest BCUT2D eigenvalue weighted by Crippen LogP contribution is -2.38. The van der Waals surface area contributed by atoms with Gasteiger partial charge in [0, 0.05) is 12.6 Å². The second-order valence-electron chi connectivity index (χ2n) is 4.11. The van der Waals surface area contributed by atoms with Crippen molar-refractivity contribution in [3.05, 3.63) is 0 Å². The zero-order valence-corrected chi connectivity index (χ0v) is 10.0. The van der Waals surface area contributed by atoms with Crippen molar-refractivity contribution in [3.63, 3.8) is 0 Å². The lowest BCUT2D eigenvalue weighted by Gasteiger charge is -2.28. The normalized spacial score (nSPS) is 14.1. The molecule has 0 aliphatic heterocycles. The average Bonchev–Trinajstić information content (AvgIpc) is 2.11. The van der Waals surface area contributed by atoms with Gasteiger partial charge in [-0.05, 0) is 34.1 Å². The molecule has 0 rings (SSSR count). The van der Waals surface area contributed by atoms with Crippen molar-refractivity contribution in [2.45, 2.75) is 39.2 Å². The highest BCUT2D eigenvalue weighted by atomic mass is 15.2. The third kappa shape index (κ3) is 6.05. The lowest BCUT2D eigenvalue weighted by molar-refractivity contribution is 0.200. The SMILES string of the molecule is CCCC[C@@H](CN(C)CC)N(C)C. The Kier molecular flexibility index (Phi) is 7.29. The molecule has 0 aliphatic rings. The molecule has 0 aromatic heterocycles. The smallest absolute Gasteiger partial charge is 0.0216 e. The molecule has 0 saturated heterocycles. The minimum Gasteiger partial charge on any atom is -0.305 e. The van der Waals surface area contributed by atoms with Crippen molar-refractivity contribution in [1.82, 2.24) is 9.80 Å². The summed E-state index contributed by atoms with van der Waals surface area (Å²) in [6.45, 7) is 6.82. The van der Waals surface area contributed by atoms with Crippen LogP contribution in [0.4, 0.5) is 0 Å². The summed E-state index contributed by atoms with van der Waals surface area (Å²) in [5.41, 5.74) is 0. The molecule has 80 valence electrons. The van der Waals surface area contributed by atoms with Crippen molar-refractivity contribution in [3.8, 4) is 0 Å². The van der Waals surface area contributed by atoms with E-state index in [1.165, 1.54) is 25.8 Å².